The summed E-state index contributed by atoms with van der Waals surface area (Å²) >= 11 is 0. The van der Waals surface area contributed by atoms with Crippen LogP contribution in [0.3, 0.4) is 0 Å². The molecule has 0 heterocycles. The summed E-state index contributed by atoms with van der Waals surface area (Å²) in [7, 11) is 0. The van der Waals surface area contributed by atoms with Gasteiger partial charge < -0.3 is 20.2 Å². The van der Waals surface area contributed by atoms with Crippen LogP contribution < -0.4 is 0 Å². The highest BCUT2D eigenvalue weighted by Crippen LogP contribution is 2.48. The average molecular weight is 510 g/mol. The van der Waals surface area contributed by atoms with Gasteiger partial charge in [0.05, 0.1) is 23.7 Å². The number of carbonyl (C=O) groups is 4. The van der Waals surface area contributed by atoms with Crippen molar-refractivity contribution in [3.63, 3.8) is 0 Å². The third kappa shape index (κ3) is 7.41. The molecule has 37 heavy (non-hydrogen) atoms. The number of amides is 1. The molecule has 2 aromatic rings. The molecule has 1 amide bonds. The molecule has 8 nitrogen and oxygen atoms in total. The lowest BCUT2D eigenvalue weighted by Gasteiger charge is -2.45. The number of benzene rings is 2. The SMILES string of the molecule is O=C(O)[C@H]1[C@H](C(=O)O)[C@H](C(=O)O)[C@H]1C(=O)N(CCCCCCCCc1ccccc1)Cc1ccccc1. The number of aliphatic carboxylic acids is 3. The molecule has 1 aliphatic carbocycles. The molecule has 0 spiro atoms. The lowest BCUT2D eigenvalue weighted by atomic mass is 9.56. The van der Waals surface area contributed by atoms with Crippen LogP contribution in [0, 0.1) is 23.7 Å². The number of aryl methyl sites for hydroxylation is 1. The molecule has 0 aromatic heterocycles. The van der Waals surface area contributed by atoms with Crippen LogP contribution in [0.4, 0.5) is 0 Å². The van der Waals surface area contributed by atoms with Crippen molar-refractivity contribution >= 4 is 23.8 Å². The molecule has 3 rings (SSSR count). The van der Waals surface area contributed by atoms with E-state index in [0.717, 1.165) is 44.1 Å². The predicted molar refractivity (Wildman–Crippen MR) is 137 cm³/mol. The fourth-order valence-corrected chi connectivity index (χ4v) is 5.24. The van der Waals surface area contributed by atoms with Crippen molar-refractivity contribution in [2.45, 2.75) is 51.5 Å². The lowest BCUT2D eigenvalue weighted by Crippen LogP contribution is -2.62. The van der Waals surface area contributed by atoms with E-state index in [4.69, 9.17) is 0 Å². The monoisotopic (exact) mass is 509 g/mol. The summed E-state index contributed by atoms with van der Waals surface area (Å²) in [5.74, 6) is -11.2. The number of nitrogens with zero attached hydrogens (tertiary/aromatic N) is 1. The van der Waals surface area contributed by atoms with Crippen molar-refractivity contribution in [2.75, 3.05) is 6.54 Å². The van der Waals surface area contributed by atoms with Crippen molar-refractivity contribution in [3.05, 3.63) is 71.8 Å². The van der Waals surface area contributed by atoms with Gasteiger partial charge in [-0.2, -0.15) is 0 Å². The fraction of sp³-hybridized carbons (Fsp3) is 0.448. The van der Waals surface area contributed by atoms with Gasteiger partial charge in [0, 0.05) is 13.1 Å². The second-order valence-electron chi connectivity index (χ2n) is 9.72. The van der Waals surface area contributed by atoms with E-state index in [1.165, 1.54) is 10.5 Å². The summed E-state index contributed by atoms with van der Waals surface area (Å²) < 4.78 is 0. The van der Waals surface area contributed by atoms with E-state index in [9.17, 15) is 34.5 Å². The Hall–Kier alpha value is -3.68. The minimum atomic E-state index is -1.63. The van der Waals surface area contributed by atoms with Gasteiger partial charge in [0.1, 0.15) is 0 Å². The highest BCUT2D eigenvalue weighted by atomic mass is 16.4. The van der Waals surface area contributed by atoms with Gasteiger partial charge in [0.15, 0.2) is 0 Å². The topological polar surface area (TPSA) is 132 Å². The van der Waals surface area contributed by atoms with Gasteiger partial charge >= 0.3 is 17.9 Å². The number of hydrogen-bond acceptors (Lipinski definition) is 4. The standard InChI is InChI=1S/C29H35NO7/c31-26(22-23(27(32)33)25(29(36)37)24(22)28(34)35)30(19-21-16-10-6-11-17-21)18-12-4-2-1-3-7-13-20-14-8-5-9-15-20/h5-6,8-11,14-17,22-25H,1-4,7,12-13,18-19H2,(H,32,33)(H,34,35)(H,36,37)/t22-,23-,24-,25-/m1/s1. The van der Waals surface area contributed by atoms with Crippen LogP contribution in [0.2, 0.25) is 0 Å². The number of carboxylic acid groups (broad SMARTS) is 3. The number of hydrogen-bond donors (Lipinski definition) is 3. The first-order valence-electron chi connectivity index (χ1n) is 12.9. The maximum atomic E-state index is 13.5. The first kappa shape index (κ1) is 27.9. The van der Waals surface area contributed by atoms with Crippen LogP contribution in [-0.2, 0) is 32.1 Å². The first-order valence-corrected chi connectivity index (χ1v) is 12.9. The predicted octanol–water partition coefficient (Wildman–Crippen LogP) is 4.33. The minimum Gasteiger partial charge on any atom is -0.481 e. The van der Waals surface area contributed by atoms with Crippen molar-refractivity contribution < 1.29 is 34.5 Å². The van der Waals surface area contributed by atoms with Crippen LogP contribution in [-0.4, -0.2) is 50.6 Å². The summed E-state index contributed by atoms with van der Waals surface area (Å²) in [6.45, 7) is 0.564. The zero-order valence-corrected chi connectivity index (χ0v) is 20.9. The second-order valence-corrected chi connectivity index (χ2v) is 9.72. The van der Waals surface area contributed by atoms with Crippen molar-refractivity contribution in [2.24, 2.45) is 23.7 Å². The number of rotatable bonds is 15. The van der Waals surface area contributed by atoms with E-state index in [1.807, 2.05) is 48.5 Å². The van der Waals surface area contributed by atoms with Gasteiger partial charge in [-0.25, -0.2) is 0 Å². The molecule has 8 heteroatoms. The quantitative estimate of drug-likeness (QED) is 0.304. The van der Waals surface area contributed by atoms with E-state index in [2.05, 4.69) is 12.1 Å². The molecule has 1 saturated carbocycles. The Balaban J connectivity index is 1.57. The normalized spacial score (nSPS) is 20.5. The van der Waals surface area contributed by atoms with E-state index < -0.39 is 47.5 Å². The van der Waals surface area contributed by atoms with Gasteiger partial charge in [-0.1, -0.05) is 86.3 Å². The number of carbonyl (C=O) groups excluding carboxylic acids is 1. The molecule has 1 aliphatic rings. The van der Waals surface area contributed by atoms with Crippen LogP contribution in [0.5, 0.6) is 0 Å². The highest BCUT2D eigenvalue weighted by molar-refractivity contribution is 5.98. The molecular weight excluding hydrogens is 474 g/mol. The molecule has 2 aromatic carbocycles. The van der Waals surface area contributed by atoms with Crippen molar-refractivity contribution in [1.82, 2.24) is 4.90 Å². The van der Waals surface area contributed by atoms with Crippen LogP contribution in [0.1, 0.15) is 49.7 Å². The van der Waals surface area contributed by atoms with Gasteiger partial charge in [0.2, 0.25) is 5.91 Å². The number of carboxylic acids is 3. The first-order chi connectivity index (χ1) is 17.8. The molecule has 3 N–H and O–H groups in total. The average Bonchev–Trinajstić information content (AvgIpc) is 2.84. The Morgan fingerprint density at radius 1 is 0.568 bits per heavy atom. The molecule has 0 bridgehead atoms. The second kappa shape index (κ2) is 13.6. The number of unbranched alkanes of at least 4 members (excludes halogenated alkanes) is 5. The molecular formula is C29H35NO7. The molecule has 1 fully saturated rings. The third-order valence-electron chi connectivity index (χ3n) is 7.20. The largest absolute Gasteiger partial charge is 0.481 e. The highest BCUT2D eigenvalue weighted by Gasteiger charge is 2.64. The third-order valence-corrected chi connectivity index (χ3v) is 7.20. The van der Waals surface area contributed by atoms with Crippen LogP contribution >= 0.6 is 0 Å². The van der Waals surface area contributed by atoms with Crippen LogP contribution in [0.25, 0.3) is 0 Å². The van der Waals surface area contributed by atoms with Gasteiger partial charge in [-0.05, 0) is 30.4 Å². The fourth-order valence-electron chi connectivity index (χ4n) is 5.24. The maximum absolute atomic E-state index is 13.5. The minimum absolute atomic E-state index is 0.212. The zero-order valence-electron chi connectivity index (χ0n) is 20.9. The van der Waals surface area contributed by atoms with E-state index in [1.54, 1.807) is 0 Å². The molecule has 0 saturated heterocycles. The van der Waals surface area contributed by atoms with Gasteiger partial charge in [-0.15, -0.1) is 0 Å². The zero-order chi connectivity index (χ0) is 26.8. The molecule has 0 aliphatic heterocycles. The smallest absolute Gasteiger partial charge is 0.308 e. The Morgan fingerprint density at radius 2 is 1.00 bits per heavy atom. The Kier molecular flexibility index (Phi) is 10.2. The van der Waals surface area contributed by atoms with Crippen molar-refractivity contribution in [3.8, 4) is 0 Å². The Labute approximate surface area is 216 Å². The molecule has 0 unspecified atom stereocenters. The summed E-state index contributed by atoms with van der Waals surface area (Å²) in [6, 6.07) is 19.5. The van der Waals surface area contributed by atoms with E-state index in [-0.39, 0.29) is 6.54 Å². The Morgan fingerprint density at radius 3 is 1.51 bits per heavy atom. The molecule has 2 atom stereocenters. The molecule has 0 radical (unpaired) electrons. The van der Waals surface area contributed by atoms with E-state index in [0.29, 0.717) is 13.0 Å². The summed E-state index contributed by atoms with van der Waals surface area (Å²) in [5, 5.41) is 28.6. The Bertz CT molecular complexity index is 1030. The summed E-state index contributed by atoms with van der Waals surface area (Å²) in [4.78, 5) is 50.2. The van der Waals surface area contributed by atoms with Gasteiger partial charge in [-0.3, -0.25) is 19.2 Å². The van der Waals surface area contributed by atoms with E-state index >= 15 is 0 Å². The van der Waals surface area contributed by atoms with Gasteiger partial charge in [0.25, 0.3) is 0 Å². The molecule has 198 valence electrons. The lowest BCUT2D eigenvalue weighted by molar-refractivity contribution is -0.189. The summed E-state index contributed by atoms with van der Waals surface area (Å²) in [6.07, 6.45) is 6.93. The van der Waals surface area contributed by atoms with Crippen molar-refractivity contribution in [1.29, 1.82) is 0 Å². The summed E-state index contributed by atoms with van der Waals surface area (Å²) in [5.41, 5.74) is 2.17. The van der Waals surface area contributed by atoms with Crippen LogP contribution in [0.15, 0.2) is 60.7 Å². The maximum Gasteiger partial charge on any atom is 0.308 e.